The molecule has 0 atom stereocenters. The zero-order valence-electron chi connectivity index (χ0n) is 2.77. The Morgan fingerprint density at radius 1 is 1.80 bits per heavy atom. The summed E-state index contributed by atoms with van der Waals surface area (Å²) < 4.78 is 0. The molecule has 0 unspecified atom stereocenters. The fraction of sp³-hybridized carbons (Fsp3) is 0.500. The van der Waals surface area contributed by atoms with Crippen molar-refractivity contribution in [1.29, 1.82) is 0 Å². The molecule has 0 saturated heterocycles. The van der Waals surface area contributed by atoms with Gasteiger partial charge in [-0.25, -0.2) is 0 Å². The summed E-state index contributed by atoms with van der Waals surface area (Å²) >= 11 is 3.15. The van der Waals surface area contributed by atoms with Crippen LogP contribution in [0.3, 0.4) is 0 Å². The number of hydrogen-bond donors (Lipinski definition) is 1. The van der Waals surface area contributed by atoms with Gasteiger partial charge in [-0.2, -0.15) is 0 Å². The first-order chi connectivity index (χ1) is 2.41. The number of carbonyl (C=O) groups is 1. The van der Waals surface area contributed by atoms with Gasteiger partial charge >= 0.3 is 25.8 Å². The van der Waals surface area contributed by atoms with E-state index in [2.05, 4.69) is 15.7 Å². The molecule has 0 bridgehead atoms. The molecule has 0 saturated carbocycles. The summed E-state index contributed by atoms with van der Waals surface area (Å²) in [5.41, 5.74) is 0. The number of hydrogen-bond acceptors (Lipinski definition) is 2. The van der Waals surface area contributed by atoms with E-state index in [0.29, 0.717) is 5.22 Å². The maximum atomic E-state index is 8.67. The summed E-state index contributed by atoms with van der Waals surface area (Å²) in [7, 11) is 1.00. The third-order valence-corrected chi connectivity index (χ3v) is 0. The Kier molecular flexibility index (Phi) is 56.3. The Hall–Kier alpha value is 0.136. The third-order valence-electron chi connectivity index (χ3n) is 0. The second kappa shape index (κ2) is 31.5. The van der Waals surface area contributed by atoms with Gasteiger partial charge in [0.25, 0.3) is 0 Å². The molecule has 34 valence electrons. The van der Waals surface area contributed by atoms with Crippen molar-refractivity contribution in [3.63, 3.8) is 0 Å². The van der Waals surface area contributed by atoms with E-state index in [1.807, 2.05) is 0 Å². The molecule has 0 aromatic rings. The van der Waals surface area contributed by atoms with Gasteiger partial charge < -0.3 is 5.11 Å². The molecule has 0 aliphatic carbocycles. The molecule has 0 spiro atoms. The van der Waals surface area contributed by atoms with Crippen LogP contribution in [0.4, 0.5) is 0 Å². The van der Waals surface area contributed by atoms with Gasteiger partial charge in [0.15, 0.2) is 0 Å². The van der Waals surface area contributed by atoms with Crippen LogP contribution in [-0.2, 0) is 20.5 Å². The molecule has 0 aliphatic rings. The average molecular weight is 120 g/mol. The van der Waals surface area contributed by atoms with Crippen LogP contribution in [0, 0.1) is 0 Å². The minimum atomic E-state index is 0.438. The molecule has 0 amide bonds. The van der Waals surface area contributed by atoms with Gasteiger partial charge in [0.05, 0.1) is 0 Å². The molecule has 0 aliphatic heterocycles. The van der Waals surface area contributed by atoms with Crippen LogP contribution in [0.5, 0.6) is 0 Å². The third kappa shape index (κ3) is 1010. The van der Waals surface area contributed by atoms with Gasteiger partial charge in [-0.3, -0.25) is 0 Å². The first kappa shape index (κ1) is 8.93. The van der Waals surface area contributed by atoms with Crippen LogP contribution in [-0.4, -0.2) is 17.4 Å². The zero-order chi connectivity index (χ0) is 4.71. The zero-order valence-corrected chi connectivity index (χ0v) is 3.81. The van der Waals surface area contributed by atoms with E-state index in [1.165, 1.54) is 0 Å². The van der Waals surface area contributed by atoms with Crippen molar-refractivity contribution >= 4 is 5.22 Å². The van der Waals surface area contributed by atoms with Gasteiger partial charge in [0.2, 0.25) is 0 Å². The molecule has 3 heteroatoms. The van der Waals surface area contributed by atoms with Crippen molar-refractivity contribution in [3.05, 3.63) is 0 Å². The normalized spacial score (nSPS) is 4.00. The maximum absolute atomic E-state index is 8.67. The van der Waals surface area contributed by atoms with E-state index in [1.54, 1.807) is 0 Å². The average Bonchev–Trinajstić information content (AvgIpc) is 1.46. The van der Waals surface area contributed by atoms with Crippen molar-refractivity contribution in [2.45, 2.75) is 0 Å². The van der Waals surface area contributed by atoms with Crippen LogP contribution in [0.1, 0.15) is 0 Å². The Labute approximate surface area is 38.8 Å². The van der Waals surface area contributed by atoms with E-state index in [0.717, 1.165) is 7.11 Å². The van der Waals surface area contributed by atoms with E-state index >= 15 is 0 Å². The quantitative estimate of drug-likeness (QED) is 0.430. The van der Waals surface area contributed by atoms with Crippen LogP contribution in [0.15, 0.2) is 0 Å². The van der Waals surface area contributed by atoms with Crippen molar-refractivity contribution < 1.29 is 25.6 Å². The Balaban J connectivity index is 0. The van der Waals surface area contributed by atoms with Crippen molar-refractivity contribution in [2.75, 3.05) is 7.11 Å². The Morgan fingerprint density at radius 3 is 1.80 bits per heavy atom. The molecule has 0 fully saturated rings. The predicted molar refractivity (Wildman–Crippen MR) is 14.9 cm³/mol. The molecular formula is C2H5CoO2. The standard InChI is InChI=1S/CH4O.CHO.Co/c2*1-2;/h2H,1H3;1H;. The molecule has 0 heterocycles. The summed E-state index contributed by atoms with van der Waals surface area (Å²) in [6.07, 6.45) is 0. The van der Waals surface area contributed by atoms with Crippen molar-refractivity contribution in [2.24, 2.45) is 0 Å². The van der Waals surface area contributed by atoms with E-state index in [-0.39, 0.29) is 0 Å². The molecule has 1 N–H and O–H groups in total. The first-order valence-corrected chi connectivity index (χ1v) is 1.48. The van der Waals surface area contributed by atoms with Crippen molar-refractivity contribution in [1.82, 2.24) is 0 Å². The number of aliphatic hydroxyl groups excluding tert-OH is 1. The topological polar surface area (TPSA) is 37.3 Å². The van der Waals surface area contributed by atoms with E-state index < -0.39 is 0 Å². The van der Waals surface area contributed by atoms with Crippen LogP contribution >= 0.6 is 0 Å². The molecule has 2 nitrogen and oxygen atoms in total. The summed E-state index contributed by atoms with van der Waals surface area (Å²) in [5.74, 6) is 0. The SMILES string of the molecule is CO.O=[CH][Co]. The molecule has 0 aromatic carbocycles. The van der Waals surface area contributed by atoms with Gasteiger partial charge in [0, 0.05) is 7.11 Å². The first-order valence-electron chi connectivity index (χ1n) is 0.875. The number of carbonyl (C=O) groups excluding carboxylic acids is 1. The van der Waals surface area contributed by atoms with Crippen LogP contribution in [0.25, 0.3) is 0 Å². The number of aliphatic hydroxyl groups is 1. The fourth-order valence-corrected chi connectivity index (χ4v) is 0. The second-order valence-electron chi connectivity index (χ2n) is 0.0786. The summed E-state index contributed by atoms with van der Waals surface area (Å²) in [6.45, 7) is 0. The molecule has 0 aromatic heterocycles. The minimum absolute atomic E-state index is 0.438. The van der Waals surface area contributed by atoms with Crippen LogP contribution < -0.4 is 0 Å². The molecule has 5 heavy (non-hydrogen) atoms. The fourth-order valence-electron chi connectivity index (χ4n) is 0. The molecule has 0 rings (SSSR count). The van der Waals surface area contributed by atoms with Gasteiger partial charge in [-0.05, 0) is 0 Å². The van der Waals surface area contributed by atoms with E-state index in [4.69, 9.17) is 9.90 Å². The summed E-state index contributed by atoms with van der Waals surface area (Å²) in [4.78, 5) is 8.67. The second-order valence-corrected chi connectivity index (χ2v) is 0.324. The van der Waals surface area contributed by atoms with Crippen LogP contribution in [0.2, 0.25) is 0 Å². The monoisotopic (exact) mass is 120 g/mol. The Bertz CT molecular complexity index is 15.1. The molecular weight excluding hydrogens is 115 g/mol. The summed E-state index contributed by atoms with van der Waals surface area (Å²) in [5, 5.41) is 7.44. The Morgan fingerprint density at radius 2 is 1.80 bits per heavy atom. The van der Waals surface area contributed by atoms with E-state index in [9.17, 15) is 0 Å². The molecule has 0 radical (unpaired) electrons. The van der Waals surface area contributed by atoms with Gasteiger partial charge in [-0.15, -0.1) is 0 Å². The predicted octanol–water partition coefficient (Wildman–Crippen LogP) is -0.668. The van der Waals surface area contributed by atoms with Crippen molar-refractivity contribution in [3.8, 4) is 0 Å². The summed E-state index contributed by atoms with van der Waals surface area (Å²) in [6, 6.07) is 0. The van der Waals surface area contributed by atoms with Gasteiger partial charge in [0.1, 0.15) is 0 Å². The number of rotatable bonds is 0. The van der Waals surface area contributed by atoms with Gasteiger partial charge in [-0.1, -0.05) is 0 Å².